The maximum Gasteiger partial charge on any atom is 0.253 e. The Balaban J connectivity index is 1.83. The van der Waals surface area contributed by atoms with Crippen molar-refractivity contribution in [2.45, 2.75) is 25.0 Å². The first-order valence-corrected chi connectivity index (χ1v) is 7.73. The lowest BCUT2D eigenvalue weighted by Crippen LogP contribution is -2.41. The van der Waals surface area contributed by atoms with Crippen molar-refractivity contribution in [3.8, 4) is 5.75 Å². The molecule has 1 atom stereocenters. The monoisotopic (exact) mass is 329 g/mol. The number of aliphatic hydroxyl groups excluding tert-OH is 1. The van der Waals surface area contributed by atoms with Crippen LogP contribution in [0.4, 0.5) is 0 Å². The van der Waals surface area contributed by atoms with Gasteiger partial charge in [-0.05, 0) is 36.5 Å². The minimum absolute atomic E-state index is 0.126. The molecule has 0 radical (unpaired) electrons. The van der Waals surface area contributed by atoms with Gasteiger partial charge in [0.15, 0.2) is 0 Å². The average molecular weight is 329 g/mol. The predicted molar refractivity (Wildman–Crippen MR) is 86.8 cm³/mol. The molecule has 0 saturated heterocycles. The van der Waals surface area contributed by atoms with Gasteiger partial charge < -0.3 is 20.1 Å². The molecular formula is C17H19N3O4. The van der Waals surface area contributed by atoms with Crippen LogP contribution in [0.5, 0.6) is 5.75 Å². The van der Waals surface area contributed by atoms with Gasteiger partial charge in [-0.15, -0.1) is 0 Å². The van der Waals surface area contributed by atoms with Gasteiger partial charge in [-0.3, -0.25) is 14.6 Å². The van der Waals surface area contributed by atoms with E-state index in [2.05, 4.69) is 15.3 Å². The Morgan fingerprint density at radius 3 is 2.83 bits per heavy atom. The van der Waals surface area contributed by atoms with Crippen molar-refractivity contribution >= 4 is 5.91 Å². The number of carbonyl (C=O) groups excluding carboxylic acids is 1. The zero-order chi connectivity index (χ0) is 17.1. The topological polar surface area (TPSA) is 104 Å². The van der Waals surface area contributed by atoms with Crippen LogP contribution in [0.1, 0.15) is 34.8 Å². The number of hydrogen-bond acceptors (Lipinski definition) is 5. The molecule has 3 rings (SSSR count). The summed E-state index contributed by atoms with van der Waals surface area (Å²) in [6.45, 7) is 0. The number of ether oxygens (including phenoxy) is 1. The Morgan fingerprint density at radius 2 is 2.21 bits per heavy atom. The first kappa shape index (κ1) is 16.2. The highest BCUT2D eigenvalue weighted by molar-refractivity contribution is 5.94. The van der Waals surface area contributed by atoms with Crippen LogP contribution in [0, 0.1) is 5.92 Å². The molecular weight excluding hydrogens is 310 g/mol. The van der Waals surface area contributed by atoms with E-state index >= 15 is 0 Å². The summed E-state index contributed by atoms with van der Waals surface area (Å²) in [7, 11) is 1.56. The molecule has 1 aliphatic carbocycles. The second kappa shape index (κ2) is 6.84. The van der Waals surface area contributed by atoms with E-state index in [1.807, 2.05) is 6.07 Å². The molecule has 0 aromatic carbocycles. The van der Waals surface area contributed by atoms with Crippen molar-refractivity contribution in [1.29, 1.82) is 0 Å². The molecule has 1 amide bonds. The third kappa shape index (κ3) is 3.46. The Bertz CT molecular complexity index is 763. The van der Waals surface area contributed by atoms with Crippen LogP contribution in [0.2, 0.25) is 0 Å². The molecule has 1 fully saturated rings. The first-order chi connectivity index (χ1) is 11.6. The van der Waals surface area contributed by atoms with E-state index in [-0.39, 0.29) is 29.5 Å². The average Bonchev–Trinajstić information content (AvgIpc) is 2.57. The number of aromatic amines is 1. The number of methoxy groups -OCH3 is 1. The minimum atomic E-state index is -0.332. The highest BCUT2D eigenvalue weighted by Gasteiger charge is 2.36. The Labute approximate surface area is 138 Å². The minimum Gasteiger partial charge on any atom is -0.495 e. The van der Waals surface area contributed by atoms with E-state index in [4.69, 9.17) is 4.74 Å². The number of carbonyl (C=O) groups is 1. The lowest BCUT2D eigenvalue weighted by molar-refractivity contribution is 0.0234. The molecule has 24 heavy (non-hydrogen) atoms. The molecule has 2 aromatic rings. The molecule has 1 aliphatic rings. The van der Waals surface area contributed by atoms with Crippen LogP contribution in [0.15, 0.2) is 41.6 Å². The Hall–Kier alpha value is -2.67. The number of nitrogens with zero attached hydrogens (tertiary/aromatic N) is 1. The van der Waals surface area contributed by atoms with Crippen LogP contribution in [0.25, 0.3) is 0 Å². The van der Waals surface area contributed by atoms with Crippen molar-refractivity contribution in [3.05, 3.63) is 58.3 Å². The van der Waals surface area contributed by atoms with Crippen molar-refractivity contribution < 1.29 is 14.6 Å². The van der Waals surface area contributed by atoms with Gasteiger partial charge in [0, 0.05) is 18.5 Å². The number of aliphatic hydroxyl groups is 1. The highest BCUT2D eigenvalue weighted by Crippen LogP contribution is 2.38. The summed E-state index contributed by atoms with van der Waals surface area (Å²) < 4.78 is 5.20. The normalized spacial score (nSPS) is 20.8. The maximum absolute atomic E-state index is 12.5. The van der Waals surface area contributed by atoms with Crippen LogP contribution >= 0.6 is 0 Å². The summed E-state index contributed by atoms with van der Waals surface area (Å²) in [6.07, 6.45) is 5.57. The zero-order valence-electron chi connectivity index (χ0n) is 13.2. The molecule has 7 heteroatoms. The molecule has 3 N–H and O–H groups in total. The summed E-state index contributed by atoms with van der Waals surface area (Å²) in [5.41, 5.74) is 0.932. The lowest BCUT2D eigenvalue weighted by atomic mass is 9.75. The van der Waals surface area contributed by atoms with Gasteiger partial charge in [0.1, 0.15) is 5.75 Å². The fourth-order valence-electron chi connectivity index (χ4n) is 2.87. The van der Waals surface area contributed by atoms with Gasteiger partial charge in [-0.25, -0.2) is 0 Å². The molecule has 2 heterocycles. The number of H-pyrrole nitrogens is 1. The molecule has 2 aromatic heterocycles. The fraction of sp³-hybridized carbons (Fsp3) is 0.353. The van der Waals surface area contributed by atoms with Crippen molar-refractivity contribution in [2.75, 3.05) is 7.11 Å². The predicted octanol–water partition coefficient (Wildman–Crippen LogP) is 1.02. The summed E-state index contributed by atoms with van der Waals surface area (Å²) in [5.74, 6) is 0.441. The molecule has 1 unspecified atom stereocenters. The van der Waals surface area contributed by atoms with Crippen LogP contribution in [0.3, 0.4) is 0 Å². The Kier molecular flexibility index (Phi) is 4.61. The summed E-state index contributed by atoms with van der Waals surface area (Å²) >= 11 is 0. The first-order valence-electron chi connectivity index (χ1n) is 7.73. The molecule has 7 nitrogen and oxygen atoms in total. The van der Waals surface area contributed by atoms with Gasteiger partial charge in [0.05, 0.1) is 31.0 Å². The summed E-state index contributed by atoms with van der Waals surface area (Å²) in [5, 5.41) is 12.6. The van der Waals surface area contributed by atoms with Crippen molar-refractivity contribution in [1.82, 2.24) is 15.3 Å². The standard InChI is InChI=1S/C17H19N3O4/c1-24-14-6-12(7-18-9-14)16(11-4-13(21)5-11)20-17(23)10-2-3-15(22)19-8-10/h2-3,6-9,11,13,16,21H,4-5H2,1H3,(H,19,22)(H,20,23). The van der Waals surface area contributed by atoms with Crippen LogP contribution < -0.4 is 15.6 Å². The van der Waals surface area contributed by atoms with E-state index in [1.165, 1.54) is 18.3 Å². The summed E-state index contributed by atoms with van der Waals surface area (Å²) in [4.78, 5) is 30.2. The second-order valence-corrected chi connectivity index (χ2v) is 5.94. The van der Waals surface area contributed by atoms with Crippen LogP contribution in [-0.2, 0) is 0 Å². The fourth-order valence-corrected chi connectivity index (χ4v) is 2.87. The van der Waals surface area contributed by atoms with E-state index in [9.17, 15) is 14.7 Å². The van der Waals surface area contributed by atoms with Crippen LogP contribution in [-0.4, -0.2) is 34.2 Å². The lowest BCUT2D eigenvalue weighted by Gasteiger charge is -2.38. The highest BCUT2D eigenvalue weighted by atomic mass is 16.5. The number of rotatable bonds is 5. The molecule has 126 valence electrons. The molecule has 0 bridgehead atoms. The number of nitrogens with one attached hydrogen (secondary N) is 2. The Morgan fingerprint density at radius 1 is 1.42 bits per heavy atom. The van der Waals surface area contributed by atoms with Gasteiger partial charge in [0.2, 0.25) is 5.56 Å². The van der Waals surface area contributed by atoms with Gasteiger partial charge in [0.25, 0.3) is 5.91 Å². The summed E-state index contributed by atoms with van der Waals surface area (Å²) in [6, 6.07) is 4.33. The van der Waals surface area contributed by atoms with E-state index < -0.39 is 0 Å². The number of aromatic nitrogens is 2. The second-order valence-electron chi connectivity index (χ2n) is 5.94. The van der Waals surface area contributed by atoms with E-state index in [0.29, 0.717) is 24.2 Å². The molecule has 1 saturated carbocycles. The number of hydrogen-bond donors (Lipinski definition) is 3. The SMILES string of the molecule is COc1cncc(C(NC(=O)c2ccc(=O)[nH]c2)C2CC(O)C2)c1. The number of pyridine rings is 2. The third-order valence-corrected chi connectivity index (χ3v) is 4.28. The quantitative estimate of drug-likeness (QED) is 0.760. The van der Waals surface area contributed by atoms with E-state index in [1.54, 1.807) is 19.5 Å². The van der Waals surface area contributed by atoms with Crippen molar-refractivity contribution in [2.24, 2.45) is 5.92 Å². The zero-order valence-corrected chi connectivity index (χ0v) is 13.2. The smallest absolute Gasteiger partial charge is 0.253 e. The number of amides is 1. The third-order valence-electron chi connectivity index (χ3n) is 4.28. The molecule has 0 spiro atoms. The van der Waals surface area contributed by atoms with Gasteiger partial charge in [-0.2, -0.15) is 0 Å². The maximum atomic E-state index is 12.5. The molecule has 0 aliphatic heterocycles. The van der Waals surface area contributed by atoms with E-state index in [0.717, 1.165) is 5.56 Å². The largest absolute Gasteiger partial charge is 0.495 e. The van der Waals surface area contributed by atoms with Crippen molar-refractivity contribution in [3.63, 3.8) is 0 Å². The van der Waals surface area contributed by atoms with Gasteiger partial charge in [-0.1, -0.05) is 0 Å². The van der Waals surface area contributed by atoms with Gasteiger partial charge >= 0.3 is 0 Å².